The second-order valence-corrected chi connectivity index (χ2v) is 6.52. The number of piperidine rings is 1. The van der Waals surface area contributed by atoms with Gasteiger partial charge in [-0.1, -0.05) is 30.3 Å². The lowest BCUT2D eigenvalue weighted by atomic mass is 9.97. The van der Waals surface area contributed by atoms with Crippen LogP contribution in [0.2, 0.25) is 0 Å². The van der Waals surface area contributed by atoms with Crippen molar-refractivity contribution in [1.82, 2.24) is 14.5 Å². The Hall–Kier alpha value is -1.39. The van der Waals surface area contributed by atoms with Crippen LogP contribution in [0.5, 0.6) is 0 Å². The zero-order valence-corrected chi connectivity index (χ0v) is 13.6. The van der Waals surface area contributed by atoms with E-state index in [0.717, 1.165) is 23.6 Å². The van der Waals surface area contributed by atoms with E-state index in [4.69, 9.17) is 12.2 Å². The van der Waals surface area contributed by atoms with Gasteiger partial charge in [0, 0.05) is 37.1 Å². The maximum Gasteiger partial charge on any atom is 0.177 e. The van der Waals surface area contributed by atoms with Crippen molar-refractivity contribution in [3.05, 3.63) is 52.6 Å². The van der Waals surface area contributed by atoms with Gasteiger partial charge in [0.15, 0.2) is 4.77 Å². The average Bonchev–Trinajstić information content (AvgIpc) is 2.81. The Bertz CT molecular complexity index is 644. The second kappa shape index (κ2) is 6.16. The number of aryl methyl sites for hydroxylation is 1. The van der Waals surface area contributed by atoms with Gasteiger partial charge in [-0.15, -0.1) is 0 Å². The molecular formula is C17H23N3S. The number of hydrogen-bond donors (Lipinski definition) is 1. The van der Waals surface area contributed by atoms with Gasteiger partial charge in [0.25, 0.3) is 0 Å². The molecule has 1 aliphatic heterocycles. The summed E-state index contributed by atoms with van der Waals surface area (Å²) in [7, 11) is 0. The van der Waals surface area contributed by atoms with Crippen LogP contribution >= 0.6 is 12.2 Å². The minimum absolute atomic E-state index is 0.532. The monoisotopic (exact) mass is 301 g/mol. The summed E-state index contributed by atoms with van der Waals surface area (Å²) >= 11 is 5.42. The molecule has 1 fully saturated rings. The van der Waals surface area contributed by atoms with E-state index in [1.807, 2.05) is 0 Å². The number of rotatable bonds is 3. The van der Waals surface area contributed by atoms with Crippen molar-refractivity contribution in [2.75, 3.05) is 6.54 Å². The molecule has 2 unspecified atom stereocenters. The van der Waals surface area contributed by atoms with Crippen LogP contribution in [0.25, 0.3) is 0 Å². The zero-order valence-electron chi connectivity index (χ0n) is 12.7. The first-order chi connectivity index (χ1) is 10.1. The highest BCUT2D eigenvalue weighted by atomic mass is 32.1. The summed E-state index contributed by atoms with van der Waals surface area (Å²) < 4.78 is 3.11. The maximum absolute atomic E-state index is 5.42. The van der Waals surface area contributed by atoms with Crippen molar-refractivity contribution < 1.29 is 0 Å². The van der Waals surface area contributed by atoms with Crippen LogP contribution in [-0.4, -0.2) is 27.0 Å². The number of H-pyrrole nitrogens is 1. The quantitative estimate of drug-likeness (QED) is 0.864. The lowest BCUT2D eigenvalue weighted by Gasteiger charge is -2.38. The van der Waals surface area contributed by atoms with Crippen LogP contribution in [0.3, 0.4) is 0 Å². The van der Waals surface area contributed by atoms with Gasteiger partial charge in [-0.2, -0.15) is 0 Å². The number of nitrogens with zero attached hydrogens (tertiary/aromatic N) is 2. The fraction of sp³-hybridized carbons (Fsp3) is 0.471. The van der Waals surface area contributed by atoms with Gasteiger partial charge >= 0.3 is 0 Å². The van der Waals surface area contributed by atoms with E-state index in [2.05, 4.69) is 64.8 Å². The molecule has 0 saturated carbocycles. The molecule has 3 rings (SSSR count). The second-order valence-electron chi connectivity index (χ2n) is 6.13. The van der Waals surface area contributed by atoms with E-state index in [1.54, 1.807) is 0 Å². The van der Waals surface area contributed by atoms with Gasteiger partial charge in [-0.3, -0.25) is 4.90 Å². The number of aromatic nitrogens is 2. The number of likely N-dealkylation sites (tertiary alicyclic amines) is 1. The molecule has 0 amide bonds. The van der Waals surface area contributed by atoms with Crippen molar-refractivity contribution in [3.8, 4) is 0 Å². The Morgan fingerprint density at radius 1 is 1.29 bits per heavy atom. The number of benzene rings is 1. The SMILES string of the molecule is Cc1cn(C2CCN(Cc3ccccc3)C(C)C2)c(=S)[nH]1. The standard InChI is InChI=1S/C17H23N3S/c1-13-11-20(17(21)18-13)16-8-9-19(14(2)10-16)12-15-6-4-3-5-7-15/h3-7,11,14,16H,8-10,12H2,1-2H3,(H,18,21). The smallest absolute Gasteiger partial charge is 0.177 e. The highest BCUT2D eigenvalue weighted by molar-refractivity contribution is 7.71. The Kier molecular flexibility index (Phi) is 4.27. The Morgan fingerprint density at radius 3 is 2.67 bits per heavy atom. The Balaban J connectivity index is 1.67. The highest BCUT2D eigenvalue weighted by Crippen LogP contribution is 2.28. The first-order valence-corrected chi connectivity index (χ1v) is 8.10. The largest absolute Gasteiger partial charge is 0.335 e. The van der Waals surface area contributed by atoms with E-state index < -0.39 is 0 Å². The fourth-order valence-electron chi connectivity index (χ4n) is 3.31. The van der Waals surface area contributed by atoms with Crippen LogP contribution in [0.1, 0.15) is 37.1 Å². The summed E-state index contributed by atoms with van der Waals surface area (Å²) in [6.07, 6.45) is 4.49. The molecule has 4 heteroatoms. The van der Waals surface area contributed by atoms with Gasteiger partial charge in [-0.25, -0.2) is 0 Å². The van der Waals surface area contributed by atoms with Gasteiger partial charge in [-0.05, 0) is 44.5 Å². The van der Waals surface area contributed by atoms with Crippen LogP contribution < -0.4 is 0 Å². The highest BCUT2D eigenvalue weighted by Gasteiger charge is 2.26. The van der Waals surface area contributed by atoms with Crippen molar-refractivity contribution in [1.29, 1.82) is 0 Å². The third-order valence-corrected chi connectivity index (χ3v) is 4.79. The topological polar surface area (TPSA) is 24.0 Å². The molecule has 1 saturated heterocycles. The van der Waals surface area contributed by atoms with E-state index in [1.165, 1.54) is 18.4 Å². The average molecular weight is 301 g/mol. The summed E-state index contributed by atoms with van der Waals surface area (Å²) in [5.74, 6) is 0. The molecule has 1 aliphatic rings. The Labute approximate surface area is 131 Å². The summed E-state index contributed by atoms with van der Waals surface area (Å²) in [5, 5.41) is 0. The summed E-state index contributed by atoms with van der Waals surface area (Å²) in [6.45, 7) is 6.58. The number of nitrogens with one attached hydrogen (secondary N) is 1. The normalized spacial score (nSPS) is 23.3. The molecule has 2 heterocycles. The lowest BCUT2D eigenvalue weighted by Crippen LogP contribution is -2.40. The first kappa shape index (κ1) is 14.5. The number of aromatic amines is 1. The predicted octanol–water partition coefficient (Wildman–Crippen LogP) is 4.08. The number of hydrogen-bond acceptors (Lipinski definition) is 2. The van der Waals surface area contributed by atoms with Crippen molar-refractivity contribution >= 4 is 12.2 Å². The molecule has 0 bridgehead atoms. The minimum Gasteiger partial charge on any atom is -0.335 e. The summed E-state index contributed by atoms with van der Waals surface area (Å²) in [5.41, 5.74) is 2.55. The van der Waals surface area contributed by atoms with E-state index in [9.17, 15) is 0 Å². The molecule has 1 aromatic heterocycles. The molecule has 1 N–H and O–H groups in total. The molecule has 21 heavy (non-hydrogen) atoms. The Morgan fingerprint density at radius 2 is 2.05 bits per heavy atom. The van der Waals surface area contributed by atoms with Crippen molar-refractivity contribution in [3.63, 3.8) is 0 Å². The zero-order chi connectivity index (χ0) is 14.8. The summed E-state index contributed by atoms with van der Waals surface area (Å²) in [6, 6.07) is 11.9. The summed E-state index contributed by atoms with van der Waals surface area (Å²) in [4.78, 5) is 5.81. The number of imidazole rings is 1. The van der Waals surface area contributed by atoms with Crippen LogP contribution in [-0.2, 0) is 6.54 Å². The van der Waals surface area contributed by atoms with Gasteiger partial charge < -0.3 is 9.55 Å². The molecule has 0 aliphatic carbocycles. The molecular weight excluding hydrogens is 278 g/mol. The molecule has 2 atom stereocenters. The molecule has 3 nitrogen and oxygen atoms in total. The van der Waals surface area contributed by atoms with Crippen molar-refractivity contribution in [2.24, 2.45) is 0 Å². The van der Waals surface area contributed by atoms with Gasteiger partial charge in [0.2, 0.25) is 0 Å². The first-order valence-electron chi connectivity index (χ1n) is 7.69. The predicted molar refractivity (Wildman–Crippen MR) is 88.9 cm³/mol. The van der Waals surface area contributed by atoms with Gasteiger partial charge in [0.1, 0.15) is 0 Å². The molecule has 2 aromatic rings. The van der Waals surface area contributed by atoms with Crippen LogP contribution in [0.4, 0.5) is 0 Å². The fourth-order valence-corrected chi connectivity index (χ4v) is 3.67. The van der Waals surface area contributed by atoms with E-state index in [0.29, 0.717) is 12.1 Å². The maximum atomic E-state index is 5.42. The van der Waals surface area contributed by atoms with Gasteiger partial charge in [0.05, 0.1) is 0 Å². The molecule has 0 spiro atoms. The third-order valence-electron chi connectivity index (χ3n) is 4.48. The van der Waals surface area contributed by atoms with Crippen LogP contribution in [0, 0.1) is 11.7 Å². The van der Waals surface area contributed by atoms with Crippen molar-refractivity contribution in [2.45, 2.75) is 45.3 Å². The lowest BCUT2D eigenvalue weighted by molar-refractivity contribution is 0.118. The molecule has 1 aromatic carbocycles. The molecule has 0 radical (unpaired) electrons. The van der Waals surface area contributed by atoms with Crippen LogP contribution in [0.15, 0.2) is 36.5 Å². The molecule has 112 valence electrons. The third kappa shape index (κ3) is 3.27. The van der Waals surface area contributed by atoms with E-state index in [-0.39, 0.29) is 0 Å². The minimum atomic E-state index is 0.532. The van der Waals surface area contributed by atoms with E-state index >= 15 is 0 Å².